The Kier molecular flexibility index (Phi) is 5.77. The van der Waals surface area contributed by atoms with Crippen molar-refractivity contribution in [2.45, 2.75) is 32.1 Å². The zero-order chi connectivity index (χ0) is 19.2. The molecule has 6 nitrogen and oxygen atoms in total. The minimum Gasteiger partial charge on any atom is -0.425 e. The highest BCUT2D eigenvalue weighted by Crippen LogP contribution is 2.20. The molecule has 0 saturated carbocycles. The van der Waals surface area contributed by atoms with Gasteiger partial charge in [0.15, 0.2) is 0 Å². The summed E-state index contributed by atoms with van der Waals surface area (Å²) in [6.07, 6.45) is 3.31. The first-order valence-corrected chi connectivity index (χ1v) is 9.67. The molecule has 1 aliphatic rings. The van der Waals surface area contributed by atoms with Crippen molar-refractivity contribution in [1.29, 1.82) is 0 Å². The lowest BCUT2D eigenvalue weighted by molar-refractivity contribution is -0.197. The molecule has 0 radical (unpaired) electrons. The van der Waals surface area contributed by atoms with Crippen molar-refractivity contribution in [2.24, 2.45) is 0 Å². The lowest BCUT2D eigenvalue weighted by atomic mass is 10.0. The van der Waals surface area contributed by atoms with Gasteiger partial charge in [-0.3, -0.25) is 9.63 Å². The molecule has 0 bridgehead atoms. The largest absolute Gasteiger partial charge is 0.425 e. The zero-order valence-corrected chi connectivity index (χ0v) is 15.7. The number of carbonyl (C=O) groups excluding carboxylic acids is 1. The van der Waals surface area contributed by atoms with Gasteiger partial charge in [-0.1, -0.05) is 54.6 Å². The number of carbonyl (C=O) groups is 1. The van der Waals surface area contributed by atoms with Gasteiger partial charge < -0.3 is 4.42 Å². The molecular weight excluding hydrogens is 354 g/mol. The molecule has 2 heterocycles. The van der Waals surface area contributed by atoms with Crippen LogP contribution in [0.2, 0.25) is 0 Å². The Bertz CT molecular complexity index is 900. The predicted octanol–water partition coefficient (Wildman–Crippen LogP) is 3.81. The molecule has 2 aromatic carbocycles. The number of hydrogen-bond donors (Lipinski definition) is 0. The van der Waals surface area contributed by atoms with Crippen LogP contribution in [0.4, 0.5) is 0 Å². The maximum Gasteiger partial charge on any atom is 0.246 e. The molecule has 1 saturated heterocycles. The highest BCUT2D eigenvalue weighted by molar-refractivity contribution is 5.75. The molecule has 144 valence electrons. The summed E-state index contributed by atoms with van der Waals surface area (Å²) in [6, 6.07) is 18.6. The van der Waals surface area contributed by atoms with Crippen molar-refractivity contribution in [2.75, 3.05) is 13.2 Å². The molecule has 3 aromatic rings. The van der Waals surface area contributed by atoms with Gasteiger partial charge in [0, 0.05) is 19.4 Å². The van der Waals surface area contributed by atoms with Gasteiger partial charge in [0.2, 0.25) is 17.7 Å². The van der Waals surface area contributed by atoms with Gasteiger partial charge in [0.05, 0.1) is 13.0 Å². The van der Waals surface area contributed by atoms with E-state index in [1.807, 2.05) is 18.2 Å². The minimum absolute atomic E-state index is 0.0315. The predicted molar refractivity (Wildman–Crippen MR) is 104 cm³/mol. The van der Waals surface area contributed by atoms with Crippen LogP contribution in [0.25, 0.3) is 11.1 Å². The van der Waals surface area contributed by atoms with Gasteiger partial charge in [-0.15, -0.1) is 10.2 Å². The summed E-state index contributed by atoms with van der Waals surface area (Å²) < 4.78 is 5.71. The molecule has 28 heavy (non-hydrogen) atoms. The highest BCUT2D eigenvalue weighted by Gasteiger charge is 2.18. The van der Waals surface area contributed by atoms with Crippen LogP contribution < -0.4 is 0 Å². The van der Waals surface area contributed by atoms with E-state index in [9.17, 15) is 4.79 Å². The standard InChI is InChI=1S/C22H23N3O3/c26-22(25-14-4-5-15-27-25)13-12-20-23-24-21(28-20)16-17-8-10-19(11-9-17)18-6-2-1-3-7-18/h1-3,6-11H,4-5,12-16H2. The van der Waals surface area contributed by atoms with Crippen molar-refractivity contribution >= 4 is 5.91 Å². The number of amides is 1. The van der Waals surface area contributed by atoms with E-state index in [4.69, 9.17) is 9.25 Å². The van der Waals surface area contributed by atoms with Crippen LogP contribution in [0.1, 0.15) is 36.6 Å². The maximum atomic E-state index is 12.1. The SMILES string of the molecule is O=C(CCc1nnc(Cc2ccc(-c3ccccc3)cc2)o1)N1CCCCO1. The smallest absolute Gasteiger partial charge is 0.246 e. The van der Waals surface area contributed by atoms with Gasteiger partial charge in [0.1, 0.15) is 0 Å². The third-order valence-corrected chi connectivity index (χ3v) is 4.76. The molecule has 4 rings (SSSR count). The molecule has 0 N–H and O–H groups in total. The second-order valence-electron chi connectivity index (χ2n) is 6.87. The molecule has 1 aliphatic heterocycles. The Morgan fingerprint density at radius 3 is 2.43 bits per heavy atom. The van der Waals surface area contributed by atoms with Crippen molar-refractivity contribution in [3.05, 3.63) is 71.9 Å². The van der Waals surface area contributed by atoms with Crippen molar-refractivity contribution in [3.63, 3.8) is 0 Å². The molecule has 0 spiro atoms. The molecular formula is C22H23N3O3. The Morgan fingerprint density at radius 1 is 0.929 bits per heavy atom. The number of aromatic nitrogens is 2. The second-order valence-corrected chi connectivity index (χ2v) is 6.87. The maximum absolute atomic E-state index is 12.1. The average Bonchev–Trinajstić information content (AvgIpc) is 3.21. The van der Waals surface area contributed by atoms with E-state index in [2.05, 4.69) is 46.6 Å². The van der Waals surface area contributed by atoms with E-state index in [0.29, 0.717) is 44.2 Å². The molecule has 1 aromatic heterocycles. The number of rotatable bonds is 6. The minimum atomic E-state index is -0.0315. The lowest BCUT2D eigenvalue weighted by Crippen LogP contribution is -2.35. The van der Waals surface area contributed by atoms with Gasteiger partial charge >= 0.3 is 0 Å². The van der Waals surface area contributed by atoms with Crippen LogP contribution in [0.3, 0.4) is 0 Å². The van der Waals surface area contributed by atoms with E-state index in [0.717, 1.165) is 18.4 Å². The van der Waals surface area contributed by atoms with Gasteiger partial charge in [-0.25, -0.2) is 5.06 Å². The summed E-state index contributed by atoms with van der Waals surface area (Å²) in [7, 11) is 0. The van der Waals surface area contributed by atoms with Crippen LogP contribution >= 0.6 is 0 Å². The van der Waals surface area contributed by atoms with E-state index in [1.54, 1.807) is 0 Å². The number of hydrogen-bond acceptors (Lipinski definition) is 5. The van der Waals surface area contributed by atoms with Crippen LogP contribution in [-0.2, 0) is 22.5 Å². The molecule has 0 atom stereocenters. The fraction of sp³-hybridized carbons (Fsp3) is 0.318. The first-order valence-electron chi connectivity index (χ1n) is 9.67. The highest BCUT2D eigenvalue weighted by atomic mass is 16.7. The fourth-order valence-corrected chi connectivity index (χ4v) is 3.21. The topological polar surface area (TPSA) is 68.5 Å². The van der Waals surface area contributed by atoms with Gasteiger partial charge in [-0.05, 0) is 29.5 Å². The normalized spacial score (nSPS) is 14.2. The molecule has 1 amide bonds. The molecule has 1 fully saturated rings. The fourth-order valence-electron chi connectivity index (χ4n) is 3.21. The average molecular weight is 377 g/mol. The van der Waals surface area contributed by atoms with Crippen molar-refractivity contribution in [3.8, 4) is 11.1 Å². The van der Waals surface area contributed by atoms with Crippen molar-refractivity contribution < 1.29 is 14.0 Å². The van der Waals surface area contributed by atoms with E-state index >= 15 is 0 Å². The monoisotopic (exact) mass is 377 g/mol. The molecule has 0 aliphatic carbocycles. The quantitative estimate of drug-likeness (QED) is 0.653. The zero-order valence-electron chi connectivity index (χ0n) is 15.7. The van der Waals surface area contributed by atoms with E-state index in [-0.39, 0.29) is 5.91 Å². The van der Waals surface area contributed by atoms with Crippen molar-refractivity contribution in [1.82, 2.24) is 15.3 Å². The van der Waals surface area contributed by atoms with E-state index in [1.165, 1.54) is 16.2 Å². The first kappa shape index (κ1) is 18.4. The number of benzene rings is 2. The summed E-state index contributed by atoms with van der Waals surface area (Å²) in [5.74, 6) is 1.02. The molecule has 0 unspecified atom stereocenters. The first-order chi connectivity index (χ1) is 13.8. The summed E-state index contributed by atoms with van der Waals surface area (Å²) in [6.45, 7) is 1.27. The summed E-state index contributed by atoms with van der Waals surface area (Å²) in [5.41, 5.74) is 3.47. The second kappa shape index (κ2) is 8.80. The number of aryl methyl sites for hydroxylation is 1. The lowest BCUT2D eigenvalue weighted by Gasteiger charge is -2.25. The third kappa shape index (κ3) is 4.64. The van der Waals surface area contributed by atoms with Crippen LogP contribution in [0.5, 0.6) is 0 Å². The summed E-state index contributed by atoms with van der Waals surface area (Å²) in [5, 5.41) is 9.63. The van der Waals surface area contributed by atoms with Crippen LogP contribution in [0, 0.1) is 0 Å². The van der Waals surface area contributed by atoms with Gasteiger partial charge in [0.25, 0.3) is 0 Å². The van der Waals surface area contributed by atoms with Crippen LogP contribution in [-0.4, -0.2) is 34.3 Å². The summed E-state index contributed by atoms with van der Waals surface area (Å²) >= 11 is 0. The Hall–Kier alpha value is -2.99. The number of nitrogens with zero attached hydrogens (tertiary/aromatic N) is 3. The van der Waals surface area contributed by atoms with E-state index < -0.39 is 0 Å². The summed E-state index contributed by atoms with van der Waals surface area (Å²) in [4.78, 5) is 17.5. The Balaban J connectivity index is 1.31. The third-order valence-electron chi connectivity index (χ3n) is 4.76. The molecule has 6 heteroatoms. The Labute approximate surface area is 164 Å². The van der Waals surface area contributed by atoms with Gasteiger partial charge in [-0.2, -0.15) is 0 Å². The Morgan fingerprint density at radius 2 is 1.68 bits per heavy atom. The van der Waals surface area contributed by atoms with Crippen LogP contribution in [0.15, 0.2) is 59.0 Å². The number of hydroxylamine groups is 2.